The van der Waals surface area contributed by atoms with E-state index in [1.807, 2.05) is 0 Å². The van der Waals surface area contributed by atoms with E-state index < -0.39 is 0 Å². The number of hydrogen-bond acceptors (Lipinski definition) is 1. The third kappa shape index (κ3) is 6.76. The molecule has 0 bridgehead atoms. The molecule has 1 unspecified atom stereocenters. The zero-order valence-corrected chi connectivity index (χ0v) is 10.4. The van der Waals surface area contributed by atoms with Crippen LogP contribution in [0.25, 0.3) is 0 Å². The standard InChI is InChI=1S/C13H25N/c1-6-7-8-9-12(2)10-11-13(3)14(4)5/h8-9,11-12H,6-7,10H2,1-5H3. The summed E-state index contributed by atoms with van der Waals surface area (Å²) in [5.74, 6) is 0.663. The zero-order valence-electron chi connectivity index (χ0n) is 10.4. The van der Waals surface area contributed by atoms with Crippen LogP contribution in [-0.4, -0.2) is 19.0 Å². The van der Waals surface area contributed by atoms with Gasteiger partial charge in [-0.05, 0) is 25.7 Å². The van der Waals surface area contributed by atoms with Crippen molar-refractivity contribution in [3.63, 3.8) is 0 Å². The summed E-state index contributed by atoms with van der Waals surface area (Å²) in [4.78, 5) is 2.16. The predicted octanol–water partition coefficient (Wildman–Crippen LogP) is 3.83. The smallest absolute Gasteiger partial charge is 0.00579 e. The Kier molecular flexibility index (Phi) is 7.27. The molecule has 0 heterocycles. The average Bonchev–Trinajstić information content (AvgIpc) is 2.14. The lowest BCUT2D eigenvalue weighted by molar-refractivity contribution is 0.508. The molecule has 0 saturated carbocycles. The highest BCUT2D eigenvalue weighted by atomic mass is 15.1. The van der Waals surface area contributed by atoms with Gasteiger partial charge in [-0.2, -0.15) is 0 Å². The second-order valence-electron chi connectivity index (χ2n) is 4.17. The summed E-state index contributed by atoms with van der Waals surface area (Å²) in [5.41, 5.74) is 1.35. The fourth-order valence-corrected chi connectivity index (χ4v) is 1.11. The first-order chi connectivity index (χ1) is 6.57. The van der Waals surface area contributed by atoms with Gasteiger partial charge in [-0.25, -0.2) is 0 Å². The van der Waals surface area contributed by atoms with Gasteiger partial charge in [-0.15, -0.1) is 0 Å². The van der Waals surface area contributed by atoms with Crippen molar-refractivity contribution in [1.29, 1.82) is 0 Å². The van der Waals surface area contributed by atoms with Crippen LogP contribution in [0.1, 0.15) is 40.0 Å². The van der Waals surface area contributed by atoms with E-state index in [1.165, 1.54) is 18.5 Å². The molecular formula is C13H25N. The third-order valence-corrected chi connectivity index (χ3v) is 2.41. The van der Waals surface area contributed by atoms with Crippen LogP contribution in [0.5, 0.6) is 0 Å². The molecule has 0 aromatic carbocycles. The van der Waals surface area contributed by atoms with Crippen LogP contribution < -0.4 is 0 Å². The molecule has 0 aromatic heterocycles. The van der Waals surface area contributed by atoms with Crippen LogP contribution in [-0.2, 0) is 0 Å². The summed E-state index contributed by atoms with van der Waals surface area (Å²) >= 11 is 0. The van der Waals surface area contributed by atoms with E-state index in [1.54, 1.807) is 0 Å². The number of unbranched alkanes of at least 4 members (excludes halogenated alkanes) is 1. The summed E-state index contributed by atoms with van der Waals surface area (Å²) in [6.45, 7) is 6.64. The molecule has 1 heteroatoms. The summed E-state index contributed by atoms with van der Waals surface area (Å²) in [7, 11) is 4.17. The van der Waals surface area contributed by atoms with Gasteiger partial charge in [0.25, 0.3) is 0 Å². The van der Waals surface area contributed by atoms with E-state index in [2.05, 4.69) is 58.0 Å². The summed E-state index contributed by atoms with van der Waals surface area (Å²) in [6, 6.07) is 0. The Morgan fingerprint density at radius 2 is 2.00 bits per heavy atom. The molecular weight excluding hydrogens is 170 g/mol. The minimum absolute atomic E-state index is 0.663. The topological polar surface area (TPSA) is 3.24 Å². The van der Waals surface area contributed by atoms with Gasteiger partial charge in [0, 0.05) is 19.8 Å². The molecule has 0 spiro atoms. The van der Waals surface area contributed by atoms with Gasteiger partial charge in [-0.3, -0.25) is 0 Å². The lowest BCUT2D eigenvalue weighted by Crippen LogP contribution is -2.08. The van der Waals surface area contributed by atoms with Crippen LogP contribution in [0.2, 0.25) is 0 Å². The Morgan fingerprint density at radius 1 is 1.36 bits per heavy atom. The van der Waals surface area contributed by atoms with Crippen LogP contribution in [0.15, 0.2) is 23.9 Å². The molecule has 0 aliphatic carbocycles. The molecule has 1 atom stereocenters. The highest BCUT2D eigenvalue weighted by Crippen LogP contribution is 2.09. The van der Waals surface area contributed by atoms with E-state index in [9.17, 15) is 0 Å². The Morgan fingerprint density at radius 3 is 2.50 bits per heavy atom. The van der Waals surface area contributed by atoms with Gasteiger partial charge in [0.05, 0.1) is 0 Å². The summed E-state index contributed by atoms with van der Waals surface area (Å²) in [5, 5.41) is 0. The molecule has 0 aromatic rings. The highest BCUT2D eigenvalue weighted by Gasteiger charge is 1.95. The number of allylic oxidation sites excluding steroid dienone is 4. The highest BCUT2D eigenvalue weighted by molar-refractivity contribution is 4.98. The summed E-state index contributed by atoms with van der Waals surface area (Å²) < 4.78 is 0. The molecule has 0 N–H and O–H groups in total. The van der Waals surface area contributed by atoms with Gasteiger partial charge < -0.3 is 4.90 Å². The van der Waals surface area contributed by atoms with Gasteiger partial charge >= 0.3 is 0 Å². The van der Waals surface area contributed by atoms with Gasteiger partial charge in [0.15, 0.2) is 0 Å². The summed E-state index contributed by atoms with van der Waals surface area (Å²) in [6.07, 6.45) is 10.5. The SMILES string of the molecule is CCCC=CC(C)CC=C(C)N(C)C. The second kappa shape index (κ2) is 7.66. The van der Waals surface area contributed by atoms with Crippen molar-refractivity contribution in [1.82, 2.24) is 4.90 Å². The van der Waals surface area contributed by atoms with Gasteiger partial charge in [-0.1, -0.05) is 38.5 Å². The van der Waals surface area contributed by atoms with E-state index in [0.717, 1.165) is 6.42 Å². The van der Waals surface area contributed by atoms with E-state index >= 15 is 0 Å². The van der Waals surface area contributed by atoms with Crippen LogP contribution in [0, 0.1) is 5.92 Å². The van der Waals surface area contributed by atoms with Crippen molar-refractivity contribution >= 4 is 0 Å². The normalized spacial score (nSPS) is 14.8. The van der Waals surface area contributed by atoms with E-state index in [0.29, 0.717) is 5.92 Å². The average molecular weight is 195 g/mol. The molecule has 0 rings (SSSR count). The zero-order chi connectivity index (χ0) is 11.0. The van der Waals surface area contributed by atoms with Crippen molar-refractivity contribution in [3.05, 3.63) is 23.9 Å². The number of hydrogen-bond donors (Lipinski definition) is 0. The Labute approximate surface area is 89.5 Å². The quantitative estimate of drug-likeness (QED) is 0.582. The first-order valence-corrected chi connectivity index (χ1v) is 5.58. The maximum Gasteiger partial charge on any atom is 0.00579 e. The largest absolute Gasteiger partial charge is 0.381 e. The fraction of sp³-hybridized carbons (Fsp3) is 0.692. The Bertz CT molecular complexity index is 189. The molecule has 14 heavy (non-hydrogen) atoms. The molecule has 82 valence electrons. The first kappa shape index (κ1) is 13.3. The first-order valence-electron chi connectivity index (χ1n) is 5.58. The van der Waals surface area contributed by atoms with Crippen LogP contribution in [0.4, 0.5) is 0 Å². The third-order valence-electron chi connectivity index (χ3n) is 2.41. The maximum atomic E-state index is 2.32. The molecule has 1 nitrogen and oxygen atoms in total. The monoisotopic (exact) mass is 195 g/mol. The molecule has 0 radical (unpaired) electrons. The minimum Gasteiger partial charge on any atom is -0.381 e. The maximum absolute atomic E-state index is 2.32. The molecule has 0 saturated heterocycles. The second-order valence-corrected chi connectivity index (χ2v) is 4.17. The van der Waals surface area contributed by atoms with Crippen molar-refractivity contribution in [2.24, 2.45) is 5.92 Å². The van der Waals surface area contributed by atoms with Crippen LogP contribution in [0.3, 0.4) is 0 Å². The number of nitrogens with zero attached hydrogens (tertiary/aromatic N) is 1. The number of rotatable bonds is 6. The Hall–Kier alpha value is -0.720. The fourth-order valence-electron chi connectivity index (χ4n) is 1.11. The van der Waals surface area contributed by atoms with Gasteiger partial charge in [0.1, 0.15) is 0 Å². The molecule has 0 fully saturated rings. The van der Waals surface area contributed by atoms with Crippen molar-refractivity contribution < 1.29 is 0 Å². The molecule has 0 amide bonds. The molecule has 0 aliphatic heterocycles. The van der Waals surface area contributed by atoms with E-state index in [-0.39, 0.29) is 0 Å². The van der Waals surface area contributed by atoms with Crippen molar-refractivity contribution in [2.75, 3.05) is 14.1 Å². The van der Waals surface area contributed by atoms with Crippen LogP contribution >= 0.6 is 0 Å². The lowest BCUT2D eigenvalue weighted by atomic mass is 10.1. The van der Waals surface area contributed by atoms with Crippen molar-refractivity contribution in [3.8, 4) is 0 Å². The lowest BCUT2D eigenvalue weighted by Gasteiger charge is -2.13. The van der Waals surface area contributed by atoms with Gasteiger partial charge in [0.2, 0.25) is 0 Å². The molecule has 0 aliphatic rings. The predicted molar refractivity (Wildman–Crippen MR) is 65.3 cm³/mol. The van der Waals surface area contributed by atoms with Crippen molar-refractivity contribution in [2.45, 2.75) is 40.0 Å². The van der Waals surface area contributed by atoms with E-state index in [4.69, 9.17) is 0 Å². The minimum atomic E-state index is 0.663. The Balaban J connectivity index is 3.83.